The van der Waals surface area contributed by atoms with Crippen LogP contribution in [0.2, 0.25) is 0 Å². The molecule has 0 aromatic heterocycles. The molecule has 0 rings (SSSR count). The molecule has 0 heterocycles. The number of hydrogen-bond acceptors (Lipinski definition) is 2. The van der Waals surface area contributed by atoms with Gasteiger partial charge in [0.05, 0.1) is 6.07 Å². The topological polar surface area (TPSA) is 27.0 Å². The molecule has 0 bridgehead atoms. The minimum atomic E-state index is 0.563. The van der Waals surface area contributed by atoms with Gasteiger partial charge >= 0.3 is 0 Å². The SMILES string of the molecule is CC(C)CN(CC=CCCl)CCC#N. The van der Waals surface area contributed by atoms with Crippen molar-refractivity contribution >= 4 is 11.6 Å². The van der Waals surface area contributed by atoms with Crippen LogP contribution in [0.15, 0.2) is 12.2 Å². The van der Waals surface area contributed by atoms with Gasteiger partial charge in [-0.25, -0.2) is 0 Å². The van der Waals surface area contributed by atoms with Gasteiger partial charge in [-0.05, 0) is 5.92 Å². The Morgan fingerprint density at radius 3 is 2.64 bits per heavy atom. The summed E-state index contributed by atoms with van der Waals surface area (Å²) in [5, 5.41) is 8.51. The van der Waals surface area contributed by atoms with Crippen molar-refractivity contribution in [3.63, 3.8) is 0 Å². The molecule has 0 saturated carbocycles. The van der Waals surface area contributed by atoms with Crippen molar-refractivity contribution in [3.05, 3.63) is 12.2 Å². The summed E-state index contributed by atoms with van der Waals surface area (Å²) >= 11 is 5.54. The maximum absolute atomic E-state index is 8.51. The summed E-state index contributed by atoms with van der Waals surface area (Å²) in [5.74, 6) is 1.20. The van der Waals surface area contributed by atoms with Gasteiger partial charge in [0.1, 0.15) is 0 Å². The molecule has 0 radical (unpaired) electrons. The maximum atomic E-state index is 8.51. The summed E-state index contributed by atoms with van der Waals surface area (Å²) in [6, 6.07) is 2.17. The van der Waals surface area contributed by atoms with Crippen molar-refractivity contribution in [1.82, 2.24) is 4.90 Å². The fourth-order valence-electron chi connectivity index (χ4n) is 1.27. The normalized spacial score (nSPS) is 11.4. The van der Waals surface area contributed by atoms with Crippen molar-refractivity contribution in [2.45, 2.75) is 20.3 Å². The number of rotatable bonds is 7. The minimum absolute atomic E-state index is 0.563. The van der Waals surface area contributed by atoms with Gasteiger partial charge < -0.3 is 0 Å². The molecular weight excluding hydrogens is 196 g/mol. The molecule has 14 heavy (non-hydrogen) atoms. The molecule has 80 valence electrons. The van der Waals surface area contributed by atoms with Gasteiger partial charge in [0, 0.05) is 31.9 Å². The fourth-order valence-corrected chi connectivity index (χ4v) is 1.39. The van der Waals surface area contributed by atoms with E-state index in [4.69, 9.17) is 16.9 Å². The first-order valence-electron chi connectivity index (χ1n) is 5.01. The van der Waals surface area contributed by atoms with E-state index in [-0.39, 0.29) is 0 Å². The predicted octanol–water partition coefficient (Wildman–Crippen LogP) is 2.65. The summed E-state index contributed by atoms with van der Waals surface area (Å²) in [4.78, 5) is 2.27. The van der Waals surface area contributed by atoms with Crippen LogP contribution in [0.1, 0.15) is 20.3 Å². The Balaban J connectivity index is 3.85. The minimum Gasteiger partial charge on any atom is -0.298 e. The standard InChI is InChI=1S/C11H19ClN2/c1-11(2)10-14(9-5-7-13)8-4-3-6-12/h3-4,11H,5-6,8-10H2,1-2H3. The van der Waals surface area contributed by atoms with Crippen LogP contribution in [-0.4, -0.2) is 30.4 Å². The van der Waals surface area contributed by atoms with Crippen LogP contribution in [0.5, 0.6) is 0 Å². The maximum Gasteiger partial charge on any atom is 0.0635 e. The van der Waals surface area contributed by atoms with Crippen LogP contribution in [0.25, 0.3) is 0 Å². The molecular formula is C11H19ClN2. The molecule has 0 N–H and O–H groups in total. The lowest BCUT2D eigenvalue weighted by Crippen LogP contribution is -2.28. The molecule has 0 aromatic rings. The van der Waals surface area contributed by atoms with Gasteiger partial charge in [-0.1, -0.05) is 26.0 Å². The average Bonchev–Trinajstić information content (AvgIpc) is 2.13. The van der Waals surface area contributed by atoms with Crippen LogP contribution in [-0.2, 0) is 0 Å². The molecule has 2 nitrogen and oxygen atoms in total. The van der Waals surface area contributed by atoms with Gasteiger partial charge in [-0.15, -0.1) is 11.6 Å². The molecule has 0 aliphatic heterocycles. The van der Waals surface area contributed by atoms with Gasteiger partial charge in [-0.2, -0.15) is 5.26 Å². The highest BCUT2D eigenvalue weighted by Crippen LogP contribution is 2.00. The second-order valence-corrected chi connectivity index (χ2v) is 4.00. The number of hydrogen-bond donors (Lipinski definition) is 0. The van der Waals surface area contributed by atoms with Crippen LogP contribution in [0, 0.1) is 17.2 Å². The highest BCUT2D eigenvalue weighted by atomic mass is 35.5. The van der Waals surface area contributed by atoms with Crippen molar-refractivity contribution in [2.24, 2.45) is 5.92 Å². The Morgan fingerprint density at radius 2 is 2.14 bits per heavy atom. The molecule has 0 aliphatic carbocycles. The molecule has 0 amide bonds. The Kier molecular flexibility index (Phi) is 8.72. The van der Waals surface area contributed by atoms with Crippen molar-refractivity contribution in [3.8, 4) is 6.07 Å². The molecule has 0 fully saturated rings. The van der Waals surface area contributed by atoms with E-state index in [0.29, 0.717) is 18.2 Å². The van der Waals surface area contributed by atoms with Crippen LogP contribution in [0.4, 0.5) is 0 Å². The summed E-state index contributed by atoms with van der Waals surface area (Å²) in [5.41, 5.74) is 0. The lowest BCUT2D eigenvalue weighted by atomic mass is 10.2. The average molecular weight is 215 g/mol. The first-order chi connectivity index (χ1) is 6.70. The number of nitrogens with zero attached hydrogens (tertiary/aromatic N) is 2. The van der Waals surface area contributed by atoms with Crippen LogP contribution in [0.3, 0.4) is 0 Å². The van der Waals surface area contributed by atoms with E-state index in [1.54, 1.807) is 0 Å². The smallest absolute Gasteiger partial charge is 0.0635 e. The molecule has 0 aliphatic rings. The Hall–Kier alpha value is -0.520. The summed E-state index contributed by atoms with van der Waals surface area (Å²) in [7, 11) is 0. The summed E-state index contributed by atoms with van der Waals surface area (Å²) in [6.07, 6.45) is 4.61. The van der Waals surface area contributed by atoms with E-state index in [0.717, 1.165) is 19.6 Å². The van der Waals surface area contributed by atoms with Gasteiger partial charge in [0.2, 0.25) is 0 Å². The highest BCUT2D eigenvalue weighted by Gasteiger charge is 2.04. The van der Waals surface area contributed by atoms with E-state index < -0.39 is 0 Å². The van der Waals surface area contributed by atoms with E-state index in [9.17, 15) is 0 Å². The van der Waals surface area contributed by atoms with Gasteiger partial charge in [0.15, 0.2) is 0 Å². The molecule has 0 atom stereocenters. The first kappa shape index (κ1) is 13.5. The van der Waals surface area contributed by atoms with Crippen molar-refractivity contribution < 1.29 is 0 Å². The third-order valence-electron chi connectivity index (χ3n) is 1.78. The quantitative estimate of drug-likeness (QED) is 0.481. The molecule has 0 aromatic carbocycles. The number of halogens is 1. The second-order valence-electron chi connectivity index (χ2n) is 3.69. The highest BCUT2D eigenvalue weighted by molar-refractivity contribution is 6.18. The number of alkyl halides is 1. The predicted molar refractivity (Wildman–Crippen MR) is 61.4 cm³/mol. The van der Waals surface area contributed by atoms with E-state index in [2.05, 4.69) is 30.9 Å². The van der Waals surface area contributed by atoms with E-state index >= 15 is 0 Å². The zero-order valence-electron chi connectivity index (χ0n) is 9.04. The number of nitriles is 1. The fraction of sp³-hybridized carbons (Fsp3) is 0.727. The largest absolute Gasteiger partial charge is 0.298 e. The molecule has 0 unspecified atom stereocenters. The number of allylic oxidation sites excluding steroid dienone is 1. The van der Waals surface area contributed by atoms with Gasteiger partial charge in [0.25, 0.3) is 0 Å². The lowest BCUT2D eigenvalue weighted by molar-refractivity contribution is 0.274. The van der Waals surface area contributed by atoms with Gasteiger partial charge in [-0.3, -0.25) is 4.90 Å². The molecule has 3 heteroatoms. The third kappa shape index (κ3) is 8.10. The first-order valence-corrected chi connectivity index (χ1v) is 5.54. The Morgan fingerprint density at radius 1 is 1.43 bits per heavy atom. The zero-order chi connectivity index (χ0) is 10.8. The molecule has 0 saturated heterocycles. The zero-order valence-corrected chi connectivity index (χ0v) is 9.80. The second kappa shape index (κ2) is 9.05. The Bertz CT molecular complexity index is 194. The van der Waals surface area contributed by atoms with Crippen LogP contribution < -0.4 is 0 Å². The van der Waals surface area contributed by atoms with Crippen molar-refractivity contribution in [2.75, 3.05) is 25.5 Å². The van der Waals surface area contributed by atoms with Crippen molar-refractivity contribution in [1.29, 1.82) is 5.26 Å². The van der Waals surface area contributed by atoms with E-state index in [1.165, 1.54) is 0 Å². The summed E-state index contributed by atoms with van der Waals surface area (Å²) in [6.45, 7) is 7.15. The molecule has 0 spiro atoms. The lowest BCUT2D eigenvalue weighted by Gasteiger charge is -2.21. The van der Waals surface area contributed by atoms with E-state index in [1.807, 2.05) is 6.08 Å². The third-order valence-corrected chi connectivity index (χ3v) is 1.96. The monoisotopic (exact) mass is 214 g/mol. The summed E-state index contributed by atoms with van der Waals surface area (Å²) < 4.78 is 0. The van der Waals surface area contributed by atoms with Crippen LogP contribution >= 0.6 is 11.6 Å². The Labute approximate surface area is 92.2 Å².